The van der Waals surface area contributed by atoms with Gasteiger partial charge in [-0.15, -0.1) is 0 Å². The van der Waals surface area contributed by atoms with Crippen LogP contribution in [0, 0.1) is 0 Å². The van der Waals surface area contributed by atoms with Gasteiger partial charge in [-0.3, -0.25) is 0 Å². The molecule has 0 aliphatic carbocycles. The van der Waals surface area contributed by atoms with Gasteiger partial charge in [-0.2, -0.15) is 0 Å². The quantitative estimate of drug-likeness (QED) is 0.198. The molecule has 0 spiro atoms. The Hall–Kier alpha value is -1.26. The lowest BCUT2D eigenvalue weighted by molar-refractivity contribution is -0.146. The van der Waals surface area contributed by atoms with E-state index in [0.717, 1.165) is 38.5 Å². The third-order valence-electron chi connectivity index (χ3n) is 4.94. The Kier molecular flexibility index (Phi) is 19.6. The molecule has 0 bridgehead atoms. The van der Waals surface area contributed by atoms with Crippen molar-refractivity contribution in [3.8, 4) is 0 Å². The van der Waals surface area contributed by atoms with E-state index in [2.05, 4.69) is 19.2 Å². The summed E-state index contributed by atoms with van der Waals surface area (Å²) in [6, 6.07) is -0.598. The molecule has 1 amide bonds. The normalized spacial score (nSPS) is 11.8. The van der Waals surface area contributed by atoms with Crippen molar-refractivity contribution in [2.75, 3.05) is 13.2 Å². The number of hydrogen-bond acceptors (Lipinski definition) is 4. The molecule has 0 aromatic heterocycles. The summed E-state index contributed by atoms with van der Waals surface area (Å²) >= 11 is 0. The fraction of sp³-hybridized carbons (Fsp3) is 0.913. The van der Waals surface area contributed by atoms with Crippen molar-refractivity contribution in [2.24, 2.45) is 0 Å². The molecule has 0 aromatic carbocycles. The van der Waals surface area contributed by atoms with Crippen molar-refractivity contribution < 1.29 is 19.1 Å². The van der Waals surface area contributed by atoms with E-state index in [1.54, 1.807) is 6.92 Å². The van der Waals surface area contributed by atoms with Gasteiger partial charge < -0.3 is 14.8 Å². The summed E-state index contributed by atoms with van der Waals surface area (Å²) in [5.41, 5.74) is 0. The zero-order valence-electron chi connectivity index (χ0n) is 18.7. The molecule has 28 heavy (non-hydrogen) atoms. The molecule has 0 radical (unpaired) electrons. The van der Waals surface area contributed by atoms with Crippen molar-refractivity contribution in [2.45, 2.75) is 123 Å². The lowest BCUT2D eigenvalue weighted by Gasteiger charge is -2.17. The topological polar surface area (TPSA) is 64.6 Å². The first-order chi connectivity index (χ1) is 13.7. The molecule has 1 N–H and O–H groups in total. The van der Waals surface area contributed by atoms with Crippen LogP contribution in [0.5, 0.6) is 0 Å². The first kappa shape index (κ1) is 26.7. The Morgan fingerprint density at radius 3 is 1.71 bits per heavy atom. The largest absolute Gasteiger partial charge is 0.464 e. The summed E-state index contributed by atoms with van der Waals surface area (Å²) in [6.07, 6.45) is 16.8. The zero-order chi connectivity index (χ0) is 20.9. The molecule has 1 unspecified atom stereocenters. The van der Waals surface area contributed by atoms with E-state index in [-0.39, 0.29) is 5.97 Å². The SMILES string of the molecule is CCCCCCCCCCCCOC(=O)C(CCCCCC)NC(=O)OCC. The van der Waals surface area contributed by atoms with E-state index >= 15 is 0 Å². The Morgan fingerprint density at radius 1 is 0.679 bits per heavy atom. The van der Waals surface area contributed by atoms with Crippen LogP contribution in [0.1, 0.15) is 117 Å². The predicted octanol–water partition coefficient (Wildman–Crippen LogP) is 6.54. The van der Waals surface area contributed by atoms with Gasteiger partial charge in [0.2, 0.25) is 0 Å². The maximum Gasteiger partial charge on any atom is 0.407 e. The maximum absolute atomic E-state index is 12.3. The van der Waals surface area contributed by atoms with E-state index in [1.165, 1.54) is 51.4 Å². The Labute approximate surface area is 173 Å². The fourth-order valence-electron chi connectivity index (χ4n) is 3.20. The first-order valence-electron chi connectivity index (χ1n) is 11.8. The molecule has 5 heteroatoms. The van der Waals surface area contributed by atoms with E-state index in [9.17, 15) is 9.59 Å². The number of alkyl carbamates (subject to hydrolysis) is 1. The number of amides is 1. The summed E-state index contributed by atoms with van der Waals surface area (Å²) in [5, 5.41) is 2.65. The highest BCUT2D eigenvalue weighted by molar-refractivity contribution is 5.81. The molecular formula is C23H45NO4. The minimum Gasteiger partial charge on any atom is -0.464 e. The maximum atomic E-state index is 12.3. The summed E-state index contributed by atoms with van der Waals surface area (Å²) < 4.78 is 10.3. The highest BCUT2D eigenvalue weighted by Gasteiger charge is 2.22. The Bertz CT molecular complexity index is 374. The van der Waals surface area contributed by atoms with E-state index in [4.69, 9.17) is 9.47 Å². The van der Waals surface area contributed by atoms with Gasteiger partial charge in [0.1, 0.15) is 6.04 Å². The van der Waals surface area contributed by atoms with Crippen LogP contribution in [0.3, 0.4) is 0 Å². The third kappa shape index (κ3) is 16.9. The standard InChI is InChI=1S/C23H45NO4/c1-4-7-9-11-12-13-14-15-16-18-20-28-22(25)21(19-17-10-8-5-2)24-23(26)27-6-3/h21H,4-20H2,1-3H3,(H,24,26). The highest BCUT2D eigenvalue weighted by Crippen LogP contribution is 2.11. The van der Waals surface area contributed by atoms with Gasteiger partial charge in [-0.05, 0) is 19.8 Å². The van der Waals surface area contributed by atoms with Crippen LogP contribution in [-0.4, -0.2) is 31.3 Å². The molecule has 0 aliphatic heterocycles. The fourth-order valence-corrected chi connectivity index (χ4v) is 3.20. The van der Waals surface area contributed by atoms with Crippen LogP contribution in [-0.2, 0) is 14.3 Å². The van der Waals surface area contributed by atoms with Crippen molar-refractivity contribution >= 4 is 12.1 Å². The van der Waals surface area contributed by atoms with Crippen LogP contribution in [0.2, 0.25) is 0 Å². The number of ether oxygens (including phenoxy) is 2. The van der Waals surface area contributed by atoms with Gasteiger partial charge in [0.25, 0.3) is 0 Å². The monoisotopic (exact) mass is 399 g/mol. The number of rotatable bonds is 19. The number of carbonyl (C=O) groups is 2. The van der Waals surface area contributed by atoms with Crippen molar-refractivity contribution in [1.82, 2.24) is 5.32 Å². The second kappa shape index (κ2) is 20.5. The molecule has 0 fully saturated rings. The lowest BCUT2D eigenvalue weighted by atomic mass is 10.1. The van der Waals surface area contributed by atoms with Gasteiger partial charge in [0.05, 0.1) is 13.2 Å². The summed E-state index contributed by atoms with van der Waals surface area (Å²) in [7, 11) is 0. The predicted molar refractivity (Wildman–Crippen MR) is 116 cm³/mol. The van der Waals surface area contributed by atoms with Crippen molar-refractivity contribution in [3.63, 3.8) is 0 Å². The highest BCUT2D eigenvalue weighted by atomic mass is 16.6. The van der Waals surface area contributed by atoms with E-state index in [1.807, 2.05) is 0 Å². The molecule has 5 nitrogen and oxygen atoms in total. The molecule has 0 aliphatic rings. The number of nitrogens with one attached hydrogen (secondary N) is 1. The van der Waals surface area contributed by atoms with Gasteiger partial charge in [0.15, 0.2) is 0 Å². The lowest BCUT2D eigenvalue weighted by Crippen LogP contribution is -2.42. The summed E-state index contributed by atoms with van der Waals surface area (Å²) in [6.45, 7) is 6.87. The average Bonchev–Trinajstić information content (AvgIpc) is 2.68. The van der Waals surface area contributed by atoms with Gasteiger partial charge in [-0.25, -0.2) is 9.59 Å². The van der Waals surface area contributed by atoms with E-state index in [0.29, 0.717) is 19.6 Å². The van der Waals surface area contributed by atoms with Crippen molar-refractivity contribution in [1.29, 1.82) is 0 Å². The Morgan fingerprint density at radius 2 is 1.18 bits per heavy atom. The molecule has 166 valence electrons. The molecule has 0 rings (SSSR count). The first-order valence-corrected chi connectivity index (χ1v) is 11.8. The zero-order valence-corrected chi connectivity index (χ0v) is 18.7. The number of unbranched alkanes of at least 4 members (excludes halogenated alkanes) is 12. The Balaban J connectivity index is 3.88. The van der Waals surface area contributed by atoms with Crippen LogP contribution in [0.4, 0.5) is 4.79 Å². The molecule has 0 heterocycles. The third-order valence-corrected chi connectivity index (χ3v) is 4.94. The average molecular weight is 400 g/mol. The molecular weight excluding hydrogens is 354 g/mol. The van der Waals surface area contributed by atoms with Gasteiger partial charge in [-0.1, -0.05) is 97.3 Å². The number of esters is 1. The molecule has 0 saturated heterocycles. The smallest absolute Gasteiger partial charge is 0.407 e. The van der Waals surface area contributed by atoms with Gasteiger partial charge >= 0.3 is 12.1 Å². The summed E-state index contributed by atoms with van der Waals surface area (Å²) in [4.78, 5) is 24.0. The molecule has 1 atom stereocenters. The second-order valence-electron chi connectivity index (χ2n) is 7.62. The van der Waals surface area contributed by atoms with Gasteiger partial charge in [0, 0.05) is 0 Å². The van der Waals surface area contributed by atoms with Crippen LogP contribution >= 0.6 is 0 Å². The molecule has 0 saturated carbocycles. The minimum atomic E-state index is -0.598. The number of carbonyl (C=O) groups excluding carboxylic acids is 2. The number of hydrogen-bond donors (Lipinski definition) is 1. The van der Waals surface area contributed by atoms with Crippen LogP contribution in [0.25, 0.3) is 0 Å². The summed E-state index contributed by atoms with van der Waals surface area (Å²) in [5.74, 6) is -0.333. The minimum absolute atomic E-state index is 0.294. The van der Waals surface area contributed by atoms with E-state index < -0.39 is 12.1 Å². The van der Waals surface area contributed by atoms with Crippen LogP contribution < -0.4 is 5.32 Å². The van der Waals surface area contributed by atoms with Crippen molar-refractivity contribution in [3.05, 3.63) is 0 Å². The second-order valence-corrected chi connectivity index (χ2v) is 7.62. The van der Waals surface area contributed by atoms with Crippen LogP contribution in [0.15, 0.2) is 0 Å². The molecule has 0 aromatic rings.